The quantitative estimate of drug-likeness (QED) is 0.901. The summed E-state index contributed by atoms with van der Waals surface area (Å²) < 4.78 is 0. The van der Waals surface area contributed by atoms with Crippen molar-refractivity contribution in [2.45, 2.75) is 19.8 Å². The van der Waals surface area contributed by atoms with E-state index in [2.05, 4.69) is 10.3 Å². The van der Waals surface area contributed by atoms with Gasteiger partial charge in [0.1, 0.15) is 5.82 Å². The number of halogens is 1. The van der Waals surface area contributed by atoms with Gasteiger partial charge in [-0.1, -0.05) is 11.6 Å². The van der Waals surface area contributed by atoms with Crippen LogP contribution in [0.3, 0.4) is 0 Å². The van der Waals surface area contributed by atoms with Crippen molar-refractivity contribution in [1.29, 1.82) is 0 Å². The number of nitrogens with zero attached hydrogens (tertiary/aromatic N) is 2. The molecule has 1 unspecified atom stereocenters. The predicted octanol–water partition coefficient (Wildman–Crippen LogP) is 1.93. The van der Waals surface area contributed by atoms with Crippen LogP contribution in [0, 0.1) is 5.92 Å². The van der Waals surface area contributed by atoms with Crippen LogP contribution in [0.1, 0.15) is 19.8 Å². The molecule has 0 aliphatic carbocycles. The van der Waals surface area contributed by atoms with E-state index in [0.717, 1.165) is 19.4 Å². The normalized spacial score (nSPS) is 19.1. The second-order valence-corrected chi connectivity index (χ2v) is 5.09. The van der Waals surface area contributed by atoms with Crippen molar-refractivity contribution in [3.63, 3.8) is 0 Å². The number of pyridine rings is 1. The van der Waals surface area contributed by atoms with E-state index in [-0.39, 0.29) is 17.7 Å². The van der Waals surface area contributed by atoms with Crippen molar-refractivity contribution in [3.8, 4) is 0 Å². The Morgan fingerprint density at radius 2 is 2.26 bits per heavy atom. The van der Waals surface area contributed by atoms with Crippen molar-refractivity contribution in [2.75, 3.05) is 18.4 Å². The number of nitrogens with one attached hydrogen (secondary N) is 1. The molecule has 1 N–H and O–H groups in total. The number of hydrogen-bond donors (Lipinski definition) is 1. The molecule has 2 heterocycles. The van der Waals surface area contributed by atoms with Crippen molar-refractivity contribution in [3.05, 3.63) is 23.4 Å². The van der Waals surface area contributed by atoms with Crippen LogP contribution in [0.5, 0.6) is 0 Å². The molecule has 19 heavy (non-hydrogen) atoms. The fraction of sp³-hybridized carbons (Fsp3) is 0.462. The number of rotatable bonds is 2. The molecule has 6 heteroatoms. The molecule has 0 saturated carbocycles. The summed E-state index contributed by atoms with van der Waals surface area (Å²) in [6.45, 7) is 2.74. The predicted molar refractivity (Wildman–Crippen MR) is 72.9 cm³/mol. The topological polar surface area (TPSA) is 62.3 Å². The number of carbonyl (C=O) groups is 2. The zero-order valence-corrected chi connectivity index (χ0v) is 11.5. The summed E-state index contributed by atoms with van der Waals surface area (Å²) in [7, 11) is 0. The number of anilines is 1. The molecule has 1 saturated heterocycles. The van der Waals surface area contributed by atoms with Gasteiger partial charge < -0.3 is 10.2 Å². The zero-order chi connectivity index (χ0) is 13.8. The smallest absolute Gasteiger partial charge is 0.230 e. The van der Waals surface area contributed by atoms with Crippen LogP contribution in [0.2, 0.25) is 5.02 Å². The maximum Gasteiger partial charge on any atom is 0.230 e. The molecule has 102 valence electrons. The average Bonchev–Trinajstić information content (AvgIpc) is 2.41. The summed E-state index contributed by atoms with van der Waals surface area (Å²) in [4.78, 5) is 29.2. The number of amides is 2. The van der Waals surface area contributed by atoms with E-state index < -0.39 is 0 Å². The van der Waals surface area contributed by atoms with Gasteiger partial charge in [-0.3, -0.25) is 9.59 Å². The fourth-order valence-corrected chi connectivity index (χ4v) is 2.27. The highest BCUT2D eigenvalue weighted by Crippen LogP contribution is 2.18. The van der Waals surface area contributed by atoms with Gasteiger partial charge in [0.15, 0.2) is 0 Å². The highest BCUT2D eigenvalue weighted by Gasteiger charge is 2.27. The van der Waals surface area contributed by atoms with Crippen LogP contribution in [0.15, 0.2) is 18.3 Å². The van der Waals surface area contributed by atoms with Gasteiger partial charge in [-0.2, -0.15) is 0 Å². The molecular formula is C13H16ClN3O2. The number of piperidine rings is 1. The van der Waals surface area contributed by atoms with Gasteiger partial charge in [0.2, 0.25) is 11.8 Å². The standard InChI is InChI=1S/C13H16ClN3O2/c1-9(18)17-6-2-3-10(8-17)13(19)16-12-5-4-11(14)7-15-12/h4-5,7,10H,2-3,6,8H2,1H3,(H,15,16,19). The zero-order valence-electron chi connectivity index (χ0n) is 10.7. The van der Waals surface area contributed by atoms with Crippen LogP contribution in [-0.4, -0.2) is 34.8 Å². The van der Waals surface area contributed by atoms with Crippen molar-refractivity contribution in [2.24, 2.45) is 5.92 Å². The molecule has 0 aromatic carbocycles. The van der Waals surface area contributed by atoms with Gasteiger partial charge >= 0.3 is 0 Å². The Labute approximate surface area is 117 Å². The lowest BCUT2D eigenvalue weighted by Gasteiger charge is -2.31. The summed E-state index contributed by atoms with van der Waals surface area (Å²) in [5.74, 6) is 0.229. The Morgan fingerprint density at radius 1 is 1.47 bits per heavy atom. The lowest BCUT2D eigenvalue weighted by molar-refractivity contribution is -0.132. The van der Waals surface area contributed by atoms with Gasteiger partial charge in [0, 0.05) is 26.2 Å². The molecule has 5 nitrogen and oxygen atoms in total. The van der Waals surface area contributed by atoms with Gasteiger partial charge in [-0.15, -0.1) is 0 Å². The first-order chi connectivity index (χ1) is 9.06. The van der Waals surface area contributed by atoms with Crippen molar-refractivity contribution in [1.82, 2.24) is 9.88 Å². The minimum Gasteiger partial charge on any atom is -0.342 e. The third-order valence-corrected chi connectivity index (χ3v) is 3.44. The van der Waals surface area contributed by atoms with E-state index in [1.54, 1.807) is 17.0 Å². The van der Waals surface area contributed by atoms with Crippen molar-refractivity contribution < 1.29 is 9.59 Å². The minimum atomic E-state index is -0.171. The molecule has 0 radical (unpaired) electrons. The fourth-order valence-electron chi connectivity index (χ4n) is 2.16. The van der Waals surface area contributed by atoms with E-state index in [9.17, 15) is 9.59 Å². The minimum absolute atomic E-state index is 0.0158. The molecule has 2 rings (SSSR count). The second kappa shape index (κ2) is 6.02. The first-order valence-corrected chi connectivity index (χ1v) is 6.62. The van der Waals surface area contributed by atoms with E-state index >= 15 is 0 Å². The number of aromatic nitrogens is 1. The van der Waals surface area contributed by atoms with Gasteiger partial charge in [0.05, 0.1) is 10.9 Å². The first kappa shape index (κ1) is 13.8. The van der Waals surface area contributed by atoms with E-state index in [4.69, 9.17) is 11.6 Å². The van der Waals surface area contributed by atoms with E-state index in [0.29, 0.717) is 17.4 Å². The van der Waals surface area contributed by atoms with E-state index in [1.165, 1.54) is 13.1 Å². The second-order valence-electron chi connectivity index (χ2n) is 4.66. The van der Waals surface area contributed by atoms with Crippen LogP contribution in [0.25, 0.3) is 0 Å². The molecule has 1 aliphatic rings. The first-order valence-electron chi connectivity index (χ1n) is 6.24. The molecule has 2 amide bonds. The lowest BCUT2D eigenvalue weighted by Crippen LogP contribution is -2.42. The number of hydrogen-bond acceptors (Lipinski definition) is 3. The Hall–Kier alpha value is -1.62. The molecule has 0 spiro atoms. The van der Waals surface area contributed by atoms with Gasteiger partial charge in [-0.25, -0.2) is 4.98 Å². The van der Waals surface area contributed by atoms with Crippen LogP contribution in [0.4, 0.5) is 5.82 Å². The summed E-state index contributed by atoms with van der Waals surface area (Å²) in [5, 5.41) is 3.28. The third-order valence-electron chi connectivity index (χ3n) is 3.22. The Kier molecular flexibility index (Phi) is 4.37. The van der Waals surface area contributed by atoms with E-state index in [1.807, 2.05) is 0 Å². The molecule has 1 atom stereocenters. The summed E-state index contributed by atoms with van der Waals surface area (Å²) in [5.41, 5.74) is 0. The SMILES string of the molecule is CC(=O)N1CCCC(C(=O)Nc2ccc(Cl)cn2)C1. The summed E-state index contributed by atoms with van der Waals surface area (Å²) in [6.07, 6.45) is 3.13. The average molecular weight is 282 g/mol. The monoisotopic (exact) mass is 281 g/mol. The lowest BCUT2D eigenvalue weighted by atomic mass is 9.97. The largest absolute Gasteiger partial charge is 0.342 e. The van der Waals surface area contributed by atoms with Gasteiger partial charge in [-0.05, 0) is 25.0 Å². The summed E-state index contributed by atoms with van der Waals surface area (Å²) >= 11 is 5.73. The number of carbonyl (C=O) groups excluding carboxylic acids is 2. The molecule has 1 aliphatic heterocycles. The van der Waals surface area contributed by atoms with Gasteiger partial charge in [0.25, 0.3) is 0 Å². The molecule has 1 fully saturated rings. The maximum absolute atomic E-state index is 12.1. The molecule has 1 aromatic rings. The highest BCUT2D eigenvalue weighted by molar-refractivity contribution is 6.30. The van der Waals surface area contributed by atoms with Crippen LogP contribution < -0.4 is 5.32 Å². The Bertz CT molecular complexity index is 475. The molecule has 0 bridgehead atoms. The highest BCUT2D eigenvalue weighted by atomic mass is 35.5. The Balaban J connectivity index is 1.96. The third kappa shape index (κ3) is 3.67. The van der Waals surface area contributed by atoms with Crippen LogP contribution >= 0.6 is 11.6 Å². The summed E-state index contributed by atoms with van der Waals surface area (Å²) in [6, 6.07) is 3.33. The Morgan fingerprint density at radius 3 is 2.89 bits per heavy atom. The number of likely N-dealkylation sites (tertiary alicyclic amines) is 1. The van der Waals surface area contributed by atoms with Crippen LogP contribution in [-0.2, 0) is 9.59 Å². The van der Waals surface area contributed by atoms with Crippen molar-refractivity contribution >= 4 is 29.2 Å². The molecular weight excluding hydrogens is 266 g/mol. The maximum atomic E-state index is 12.1. The molecule has 1 aromatic heterocycles.